The Kier molecular flexibility index (Phi) is 1.60. The second kappa shape index (κ2) is 2.63. The van der Waals surface area contributed by atoms with E-state index < -0.39 is 0 Å². The number of nitrogens with one attached hydrogen (secondary N) is 1. The molecule has 1 aromatic heterocycles. The van der Waals surface area contributed by atoms with E-state index in [4.69, 9.17) is 0 Å². The minimum absolute atomic E-state index is 0.0567. The maximum Gasteiger partial charge on any atom is 0.264 e. The third kappa shape index (κ3) is 1.06. The number of aryl methyl sites for hydroxylation is 1. The molecule has 74 valence electrons. The van der Waals surface area contributed by atoms with Gasteiger partial charge in [-0.25, -0.2) is 4.98 Å². The summed E-state index contributed by atoms with van der Waals surface area (Å²) in [4.78, 5) is 19.7. The van der Waals surface area contributed by atoms with Crippen molar-refractivity contribution in [3.63, 3.8) is 0 Å². The van der Waals surface area contributed by atoms with Crippen molar-refractivity contribution >= 4 is 11.8 Å². The summed E-state index contributed by atoms with van der Waals surface area (Å²) in [5.74, 6) is 0.741. The first-order valence-corrected chi connectivity index (χ1v) is 5.79. The van der Waals surface area contributed by atoms with Crippen molar-refractivity contribution in [2.75, 3.05) is 0 Å². The van der Waals surface area contributed by atoms with Crippen LogP contribution in [0.5, 0.6) is 0 Å². The monoisotopic (exact) mass is 208 g/mol. The molecule has 0 bridgehead atoms. The van der Waals surface area contributed by atoms with Crippen LogP contribution in [0.15, 0.2) is 9.69 Å². The van der Waals surface area contributed by atoms with Gasteiger partial charge in [-0.05, 0) is 19.8 Å². The molecule has 2 heterocycles. The second-order valence-electron chi connectivity index (χ2n) is 4.24. The Bertz CT molecular complexity index is 448. The molecule has 1 spiro atoms. The van der Waals surface area contributed by atoms with Crippen molar-refractivity contribution in [2.45, 2.75) is 42.2 Å². The smallest absolute Gasteiger partial charge is 0.264 e. The lowest BCUT2D eigenvalue weighted by atomic mass is 9.81. The lowest BCUT2D eigenvalue weighted by Gasteiger charge is -2.36. The summed E-state index contributed by atoms with van der Waals surface area (Å²) in [5, 5.41) is 0. The number of thioether (sulfide) groups is 1. The van der Waals surface area contributed by atoms with Gasteiger partial charge in [-0.2, -0.15) is 0 Å². The van der Waals surface area contributed by atoms with Crippen LogP contribution in [0.25, 0.3) is 0 Å². The number of H-pyrrole nitrogens is 1. The highest BCUT2D eigenvalue weighted by molar-refractivity contribution is 8.01. The number of fused-ring (bicyclic) bond motifs is 1. The van der Waals surface area contributed by atoms with Crippen LogP contribution in [0, 0.1) is 6.92 Å². The van der Waals surface area contributed by atoms with Gasteiger partial charge in [0.15, 0.2) is 0 Å². The first-order valence-electron chi connectivity index (χ1n) is 4.97. The van der Waals surface area contributed by atoms with Gasteiger partial charge in [0, 0.05) is 11.2 Å². The van der Waals surface area contributed by atoms with E-state index in [2.05, 4.69) is 9.97 Å². The van der Waals surface area contributed by atoms with Gasteiger partial charge in [0.2, 0.25) is 0 Å². The molecule has 0 aromatic carbocycles. The van der Waals surface area contributed by atoms with Crippen LogP contribution >= 0.6 is 11.8 Å². The number of rotatable bonds is 0. The predicted octanol–water partition coefficient (Wildman–Crippen LogP) is 1.65. The molecule has 1 aromatic rings. The van der Waals surface area contributed by atoms with E-state index in [-0.39, 0.29) is 5.56 Å². The van der Waals surface area contributed by atoms with Gasteiger partial charge < -0.3 is 4.98 Å². The molecule has 2 aliphatic rings. The fourth-order valence-corrected chi connectivity index (χ4v) is 3.78. The van der Waals surface area contributed by atoms with Crippen LogP contribution < -0.4 is 5.56 Å². The summed E-state index contributed by atoms with van der Waals surface area (Å²) in [6.07, 6.45) is 4.79. The summed E-state index contributed by atoms with van der Waals surface area (Å²) < 4.78 is 0.343. The minimum atomic E-state index is 0.0567. The van der Waals surface area contributed by atoms with Crippen LogP contribution in [0.1, 0.15) is 30.8 Å². The Labute approximate surface area is 86.3 Å². The van der Waals surface area contributed by atoms with E-state index in [0.29, 0.717) is 4.75 Å². The Morgan fingerprint density at radius 2 is 2.29 bits per heavy atom. The van der Waals surface area contributed by atoms with Crippen molar-refractivity contribution in [3.8, 4) is 0 Å². The van der Waals surface area contributed by atoms with Crippen LogP contribution in [0.2, 0.25) is 0 Å². The third-order valence-corrected chi connectivity index (χ3v) is 4.75. The number of nitrogens with zero attached hydrogens (tertiary/aromatic N) is 1. The lowest BCUT2D eigenvalue weighted by molar-refractivity contribution is 0.364. The third-order valence-electron chi connectivity index (χ3n) is 3.14. The zero-order chi connectivity index (χ0) is 9.76. The summed E-state index contributed by atoms with van der Waals surface area (Å²) in [5.41, 5.74) is 1.08. The van der Waals surface area contributed by atoms with Crippen molar-refractivity contribution in [3.05, 3.63) is 21.9 Å². The topological polar surface area (TPSA) is 45.8 Å². The highest BCUT2D eigenvalue weighted by atomic mass is 32.2. The van der Waals surface area contributed by atoms with Crippen molar-refractivity contribution in [2.24, 2.45) is 0 Å². The van der Waals surface area contributed by atoms with E-state index in [9.17, 15) is 4.79 Å². The SMILES string of the molecule is Cc1nc2c(c(=O)[nH]1)SC1(CCC1)C2. The molecule has 3 rings (SSSR count). The van der Waals surface area contributed by atoms with Gasteiger partial charge in [-0.3, -0.25) is 4.79 Å². The number of aromatic nitrogens is 2. The molecule has 0 atom stereocenters. The number of aromatic amines is 1. The standard InChI is InChI=1S/C10H12N2OS/c1-6-11-7-5-10(3-2-4-10)14-8(7)9(13)12-6/h2-5H2,1H3,(H,11,12,13). The summed E-state index contributed by atoms with van der Waals surface area (Å²) in [6, 6.07) is 0. The Morgan fingerprint density at radius 3 is 2.93 bits per heavy atom. The van der Waals surface area contributed by atoms with Gasteiger partial charge >= 0.3 is 0 Å². The molecule has 4 heteroatoms. The van der Waals surface area contributed by atoms with Gasteiger partial charge in [0.05, 0.1) is 10.6 Å². The van der Waals surface area contributed by atoms with E-state index in [1.165, 1.54) is 19.3 Å². The largest absolute Gasteiger partial charge is 0.310 e. The van der Waals surface area contributed by atoms with Crippen molar-refractivity contribution in [1.29, 1.82) is 0 Å². The number of hydrogen-bond acceptors (Lipinski definition) is 3. The Hall–Kier alpha value is -0.770. The first kappa shape index (κ1) is 8.53. The highest BCUT2D eigenvalue weighted by Crippen LogP contribution is 2.53. The zero-order valence-electron chi connectivity index (χ0n) is 8.09. The molecule has 0 radical (unpaired) electrons. The van der Waals surface area contributed by atoms with Gasteiger partial charge in [-0.15, -0.1) is 11.8 Å². The van der Waals surface area contributed by atoms with E-state index in [0.717, 1.165) is 22.8 Å². The fraction of sp³-hybridized carbons (Fsp3) is 0.600. The molecule has 0 amide bonds. The second-order valence-corrected chi connectivity index (χ2v) is 5.72. The summed E-state index contributed by atoms with van der Waals surface area (Å²) in [6.45, 7) is 1.85. The molecule has 1 aliphatic heterocycles. The molecule has 1 fully saturated rings. The van der Waals surface area contributed by atoms with Crippen LogP contribution in [-0.4, -0.2) is 14.7 Å². The number of hydrogen-bond donors (Lipinski definition) is 1. The molecular formula is C10H12N2OS. The normalized spacial score (nSPS) is 22.1. The van der Waals surface area contributed by atoms with Gasteiger partial charge in [0.1, 0.15) is 5.82 Å². The van der Waals surface area contributed by atoms with Crippen LogP contribution in [-0.2, 0) is 6.42 Å². The Morgan fingerprint density at radius 1 is 1.50 bits per heavy atom. The maximum atomic E-state index is 11.6. The van der Waals surface area contributed by atoms with Crippen LogP contribution in [0.4, 0.5) is 0 Å². The van der Waals surface area contributed by atoms with E-state index in [1.54, 1.807) is 11.8 Å². The molecule has 14 heavy (non-hydrogen) atoms. The summed E-state index contributed by atoms with van der Waals surface area (Å²) >= 11 is 1.75. The highest BCUT2D eigenvalue weighted by Gasteiger charge is 2.45. The van der Waals surface area contributed by atoms with Crippen molar-refractivity contribution < 1.29 is 0 Å². The fourth-order valence-electron chi connectivity index (χ4n) is 2.27. The summed E-state index contributed by atoms with van der Waals surface area (Å²) in [7, 11) is 0. The zero-order valence-corrected chi connectivity index (χ0v) is 8.91. The molecule has 1 saturated carbocycles. The first-order chi connectivity index (χ1) is 6.69. The minimum Gasteiger partial charge on any atom is -0.310 e. The molecule has 1 aliphatic carbocycles. The van der Waals surface area contributed by atoms with E-state index >= 15 is 0 Å². The Balaban J connectivity index is 2.09. The molecule has 3 nitrogen and oxygen atoms in total. The van der Waals surface area contributed by atoms with Crippen LogP contribution in [0.3, 0.4) is 0 Å². The predicted molar refractivity (Wildman–Crippen MR) is 55.7 cm³/mol. The molecular weight excluding hydrogens is 196 g/mol. The van der Waals surface area contributed by atoms with E-state index in [1.807, 2.05) is 6.92 Å². The van der Waals surface area contributed by atoms with Gasteiger partial charge in [-0.1, -0.05) is 6.42 Å². The molecule has 1 N–H and O–H groups in total. The maximum absolute atomic E-state index is 11.6. The lowest BCUT2D eigenvalue weighted by Crippen LogP contribution is -2.32. The quantitative estimate of drug-likeness (QED) is 0.705. The molecule has 0 unspecified atom stereocenters. The molecule has 0 saturated heterocycles. The average Bonchev–Trinajstić information content (AvgIpc) is 2.42. The average molecular weight is 208 g/mol. The van der Waals surface area contributed by atoms with Gasteiger partial charge in [0.25, 0.3) is 5.56 Å². The van der Waals surface area contributed by atoms with Crippen molar-refractivity contribution in [1.82, 2.24) is 9.97 Å².